The SMILES string of the molecule is C#CCn1ccn(-c2ccncc2)c1=O. The molecule has 0 saturated heterocycles. The number of pyridine rings is 1. The van der Waals surface area contributed by atoms with Gasteiger partial charge >= 0.3 is 5.69 Å². The number of hydrogen-bond donors (Lipinski definition) is 0. The molecule has 0 saturated carbocycles. The van der Waals surface area contributed by atoms with Crippen molar-refractivity contribution in [3.05, 3.63) is 47.4 Å². The topological polar surface area (TPSA) is 39.8 Å². The highest BCUT2D eigenvalue weighted by molar-refractivity contribution is 5.28. The lowest BCUT2D eigenvalue weighted by molar-refractivity contribution is 0.773. The van der Waals surface area contributed by atoms with Crippen LogP contribution in [0.1, 0.15) is 0 Å². The molecule has 0 fully saturated rings. The van der Waals surface area contributed by atoms with E-state index in [-0.39, 0.29) is 12.2 Å². The molecular formula is C11H9N3O. The largest absolute Gasteiger partial charge is 0.333 e. The maximum absolute atomic E-state index is 11.8. The molecule has 2 rings (SSSR count). The fourth-order valence-corrected chi connectivity index (χ4v) is 1.33. The Kier molecular flexibility index (Phi) is 2.38. The summed E-state index contributed by atoms with van der Waals surface area (Å²) in [7, 11) is 0. The Bertz CT molecular complexity index is 545. The number of rotatable bonds is 2. The summed E-state index contributed by atoms with van der Waals surface area (Å²) >= 11 is 0. The van der Waals surface area contributed by atoms with Gasteiger partial charge in [-0.15, -0.1) is 6.42 Å². The Morgan fingerprint density at radius 1 is 1.33 bits per heavy atom. The van der Waals surface area contributed by atoms with Crippen molar-refractivity contribution in [3.63, 3.8) is 0 Å². The first-order valence-electron chi connectivity index (χ1n) is 4.44. The monoisotopic (exact) mass is 199 g/mol. The number of imidazole rings is 1. The number of terminal acetylenes is 1. The summed E-state index contributed by atoms with van der Waals surface area (Å²) in [5.41, 5.74) is 0.643. The third-order valence-corrected chi connectivity index (χ3v) is 2.05. The van der Waals surface area contributed by atoms with Crippen LogP contribution in [-0.4, -0.2) is 14.1 Å². The van der Waals surface area contributed by atoms with Gasteiger partial charge in [0.05, 0.1) is 12.2 Å². The van der Waals surface area contributed by atoms with Gasteiger partial charge in [-0.1, -0.05) is 5.92 Å². The zero-order chi connectivity index (χ0) is 10.7. The van der Waals surface area contributed by atoms with E-state index in [0.29, 0.717) is 0 Å². The van der Waals surface area contributed by atoms with Gasteiger partial charge < -0.3 is 0 Å². The zero-order valence-electron chi connectivity index (χ0n) is 8.00. The predicted molar refractivity (Wildman–Crippen MR) is 56.7 cm³/mol. The van der Waals surface area contributed by atoms with Crippen molar-refractivity contribution in [1.82, 2.24) is 14.1 Å². The van der Waals surface area contributed by atoms with Gasteiger partial charge in [-0.05, 0) is 12.1 Å². The normalized spacial score (nSPS) is 9.80. The molecule has 15 heavy (non-hydrogen) atoms. The van der Waals surface area contributed by atoms with Crippen LogP contribution >= 0.6 is 0 Å². The maximum Gasteiger partial charge on any atom is 0.333 e. The number of hydrogen-bond acceptors (Lipinski definition) is 2. The van der Waals surface area contributed by atoms with Crippen LogP contribution in [0.3, 0.4) is 0 Å². The summed E-state index contributed by atoms with van der Waals surface area (Å²) in [6.07, 6.45) is 11.8. The molecule has 0 atom stereocenters. The van der Waals surface area contributed by atoms with Crippen molar-refractivity contribution in [2.24, 2.45) is 0 Å². The third kappa shape index (κ3) is 1.67. The summed E-state index contributed by atoms with van der Waals surface area (Å²) in [5, 5.41) is 0. The van der Waals surface area contributed by atoms with E-state index in [9.17, 15) is 4.79 Å². The molecule has 4 nitrogen and oxygen atoms in total. The first-order valence-corrected chi connectivity index (χ1v) is 4.44. The predicted octanol–water partition coefficient (Wildman–Crippen LogP) is 0.667. The van der Waals surface area contributed by atoms with Crippen LogP contribution in [0.4, 0.5) is 0 Å². The smallest absolute Gasteiger partial charge is 0.287 e. The lowest BCUT2D eigenvalue weighted by Crippen LogP contribution is -2.22. The molecule has 2 aromatic heterocycles. The number of nitrogens with zero attached hydrogens (tertiary/aromatic N) is 3. The quantitative estimate of drug-likeness (QED) is 0.667. The zero-order valence-corrected chi connectivity index (χ0v) is 8.00. The molecular weight excluding hydrogens is 190 g/mol. The summed E-state index contributed by atoms with van der Waals surface area (Å²) in [6, 6.07) is 3.53. The minimum absolute atomic E-state index is 0.140. The van der Waals surface area contributed by atoms with E-state index in [1.54, 1.807) is 36.9 Å². The van der Waals surface area contributed by atoms with E-state index in [0.717, 1.165) is 5.69 Å². The second kappa shape index (κ2) is 3.84. The summed E-state index contributed by atoms with van der Waals surface area (Å²) in [5.74, 6) is 2.43. The van der Waals surface area contributed by atoms with Crippen molar-refractivity contribution in [3.8, 4) is 18.0 Å². The Morgan fingerprint density at radius 2 is 2.07 bits per heavy atom. The van der Waals surface area contributed by atoms with Crippen molar-refractivity contribution < 1.29 is 0 Å². The Morgan fingerprint density at radius 3 is 2.73 bits per heavy atom. The van der Waals surface area contributed by atoms with Crippen molar-refractivity contribution in [2.75, 3.05) is 0 Å². The lowest BCUT2D eigenvalue weighted by Gasteiger charge is -1.99. The second-order valence-corrected chi connectivity index (χ2v) is 2.99. The number of aromatic nitrogens is 3. The fraction of sp³-hybridized carbons (Fsp3) is 0.0909. The van der Waals surface area contributed by atoms with Crippen LogP contribution < -0.4 is 5.69 Å². The highest BCUT2D eigenvalue weighted by atomic mass is 16.1. The van der Waals surface area contributed by atoms with Crippen LogP contribution in [-0.2, 0) is 6.54 Å². The van der Waals surface area contributed by atoms with Crippen LogP contribution in [0.2, 0.25) is 0 Å². The van der Waals surface area contributed by atoms with Crippen molar-refractivity contribution >= 4 is 0 Å². The van der Waals surface area contributed by atoms with Crippen molar-refractivity contribution in [1.29, 1.82) is 0 Å². The van der Waals surface area contributed by atoms with Gasteiger partial charge in [0.25, 0.3) is 0 Å². The molecule has 0 aliphatic carbocycles. The van der Waals surface area contributed by atoms with Gasteiger partial charge in [0.2, 0.25) is 0 Å². The standard InChI is InChI=1S/C11H9N3O/c1-2-7-13-8-9-14(11(13)15)10-3-5-12-6-4-10/h1,3-6,8-9H,7H2. The second-order valence-electron chi connectivity index (χ2n) is 2.99. The van der Waals surface area contributed by atoms with E-state index in [1.807, 2.05) is 0 Å². The van der Waals surface area contributed by atoms with E-state index in [2.05, 4.69) is 10.9 Å². The van der Waals surface area contributed by atoms with Gasteiger partial charge in [0, 0.05) is 24.8 Å². The van der Waals surface area contributed by atoms with E-state index in [4.69, 9.17) is 6.42 Å². The van der Waals surface area contributed by atoms with Crippen LogP contribution in [0.25, 0.3) is 5.69 Å². The first kappa shape index (κ1) is 9.28. The van der Waals surface area contributed by atoms with E-state index in [1.165, 1.54) is 9.13 Å². The Hall–Kier alpha value is -2.28. The average Bonchev–Trinajstić information content (AvgIpc) is 2.63. The van der Waals surface area contributed by atoms with Gasteiger partial charge in [0.15, 0.2) is 0 Å². The van der Waals surface area contributed by atoms with Crippen LogP contribution in [0.15, 0.2) is 41.7 Å². The minimum atomic E-state index is -0.140. The van der Waals surface area contributed by atoms with E-state index >= 15 is 0 Å². The molecule has 0 spiro atoms. The summed E-state index contributed by atoms with van der Waals surface area (Å²) in [4.78, 5) is 15.7. The Labute approximate surface area is 86.8 Å². The van der Waals surface area contributed by atoms with Gasteiger partial charge in [-0.3, -0.25) is 14.1 Å². The third-order valence-electron chi connectivity index (χ3n) is 2.05. The minimum Gasteiger partial charge on any atom is -0.287 e. The molecule has 0 aromatic carbocycles. The molecule has 74 valence electrons. The van der Waals surface area contributed by atoms with Gasteiger partial charge in [0.1, 0.15) is 0 Å². The average molecular weight is 199 g/mol. The Balaban J connectivity index is 2.48. The summed E-state index contributed by atoms with van der Waals surface area (Å²) in [6.45, 7) is 0.289. The van der Waals surface area contributed by atoms with Crippen LogP contribution in [0.5, 0.6) is 0 Å². The molecule has 4 heteroatoms. The van der Waals surface area contributed by atoms with Gasteiger partial charge in [-0.25, -0.2) is 4.79 Å². The molecule has 0 bridgehead atoms. The first-order chi connectivity index (χ1) is 7.33. The van der Waals surface area contributed by atoms with Gasteiger partial charge in [-0.2, -0.15) is 0 Å². The maximum atomic E-state index is 11.8. The molecule has 0 aliphatic rings. The molecule has 0 N–H and O–H groups in total. The molecule has 0 radical (unpaired) electrons. The highest BCUT2D eigenvalue weighted by Crippen LogP contribution is 2.01. The molecule has 0 unspecified atom stereocenters. The highest BCUT2D eigenvalue weighted by Gasteiger charge is 2.02. The van der Waals surface area contributed by atoms with E-state index < -0.39 is 0 Å². The molecule has 2 heterocycles. The fourth-order valence-electron chi connectivity index (χ4n) is 1.33. The summed E-state index contributed by atoms with van der Waals surface area (Å²) < 4.78 is 3.00. The molecule has 2 aromatic rings. The molecule has 0 aliphatic heterocycles. The molecule has 0 amide bonds. The lowest BCUT2D eigenvalue weighted by atomic mass is 10.4. The van der Waals surface area contributed by atoms with Crippen molar-refractivity contribution in [2.45, 2.75) is 6.54 Å². The van der Waals surface area contributed by atoms with Crippen LogP contribution in [0, 0.1) is 12.3 Å².